The number of aliphatic carboxylic acids is 1. The molecule has 1 aliphatic rings. The fourth-order valence-corrected chi connectivity index (χ4v) is 7.36. The number of nitrogens with one attached hydrogen (secondary N) is 4. The van der Waals surface area contributed by atoms with Gasteiger partial charge in [0.05, 0.1) is 23.0 Å². The third-order valence-electron chi connectivity index (χ3n) is 8.09. The highest BCUT2D eigenvalue weighted by molar-refractivity contribution is 7.89. The summed E-state index contributed by atoms with van der Waals surface area (Å²) in [5.74, 6) is -2.36. The van der Waals surface area contributed by atoms with Crippen LogP contribution in [0.4, 0.5) is 10.6 Å². The Labute approximate surface area is 281 Å². The SMILES string of the molecule is Cc1cccc(CNC(=O)N2C[C@H](OCC(=O)NC[C@H](CNS(=O)(=O)c3c(C)cc(C)cc3C)C(=O)O)C[C@H]2CNc2ccccn2)c1. The number of carboxylic acid groups (broad SMARTS) is 1. The third-order valence-corrected chi connectivity index (χ3v) is 9.81. The van der Waals surface area contributed by atoms with Crippen LogP contribution in [0, 0.1) is 33.6 Å². The van der Waals surface area contributed by atoms with Crippen LogP contribution in [0.1, 0.15) is 34.2 Å². The second kappa shape index (κ2) is 16.5. The molecule has 3 aromatic rings. The molecule has 1 aromatic heterocycles. The molecule has 3 amide bonds. The molecule has 4 rings (SSSR count). The van der Waals surface area contributed by atoms with Gasteiger partial charge in [-0.1, -0.05) is 53.6 Å². The van der Waals surface area contributed by atoms with E-state index in [2.05, 4.69) is 25.7 Å². The molecule has 1 fully saturated rings. The molecule has 1 aliphatic heterocycles. The maximum absolute atomic E-state index is 13.3. The van der Waals surface area contributed by atoms with Gasteiger partial charge < -0.3 is 30.7 Å². The lowest BCUT2D eigenvalue weighted by atomic mass is 10.1. The van der Waals surface area contributed by atoms with Crippen molar-refractivity contribution in [1.82, 2.24) is 25.2 Å². The lowest BCUT2D eigenvalue weighted by Gasteiger charge is -2.25. The minimum Gasteiger partial charge on any atom is -0.481 e. The van der Waals surface area contributed by atoms with Crippen molar-refractivity contribution >= 4 is 33.7 Å². The van der Waals surface area contributed by atoms with Crippen molar-refractivity contribution in [2.24, 2.45) is 5.92 Å². The first-order valence-electron chi connectivity index (χ1n) is 15.8. The fourth-order valence-electron chi connectivity index (χ4n) is 5.83. The number of rotatable bonds is 15. The number of benzene rings is 2. The van der Waals surface area contributed by atoms with Crippen LogP contribution in [0.25, 0.3) is 0 Å². The van der Waals surface area contributed by atoms with Gasteiger partial charge in [-0.05, 0) is 62.9 Å². The van der Waals surface area contributed by atoms with Crippen molar-refractivity contribution in [2.45, 2.75) is 57.7 Å². The van der Waals surface area contributed by atoms with Gasteiger partial charge in [0, 0.05) is 38.9 Å². The van der Waals surface area contributed by atoms with E-state index in [9.17, 15) is 27.9 Å². The molecule has 2 aromatic carbocycles. The number of carboxylic acids is 1. The summed E-state index contributed by atoms with van der Waals surface area (Å²) in [6, 6.07) is 16.4. The smallest absolute Gasteiger partial charge is 0.318 e. The van der Waals surface area contributed by atoms with Crippen molar-refractivity contribution in [3.05, 3.63) is 88.6 Å². The van der Waals surface area contributed by atoms with Gasteiger partial charge in [-0.3, -0.25) is 9.59 Å². The summed E-state index contributed by atoms with van der Waals surface area (Å²) in [6.07, 6.45) is 1.69. The number of hydrogen-bond donors (Lipinski definition) is 5. The van der Waals surface area contributed by atoms with E-state index in [1.54, 1.807) is 37.1 Å². The molecule has 0 spiro atoms. The lowest BCUT2D eigenvalue weighted by molar-refractivity contribution is -0.141. The Hall–Kier alpha value is -4.53. The highest BCUT2D eigenvalue weighted by atomic mass is 32.2. The number of likely N-dealkylation sites (tertiary alicyclic amines) is 1. The van der Waals surface area contributed by atoms with Gasteiger partial charge in [0.15, 0.2) is 0 Å². The number of amides is 3. The molecule has 0 aliphatic carbocycles. The zero-order chi connectivity index (χ0) is 34.8. The number of hydrogen-bond acceptors (Lipinski definition) is 8. The molecule has 0 saturated carbocycles. The Morgan fingerprint density at radius 3 is 2.40 bits per heavy atom. The van der Waals surface area contributed by atoms with Gasteiger partial charge >= 0.3 is 12.0 Å². The Morgan fingerprint density at radius 1 is 0.979 bits per heavy atom. The van der Waals surface area contributed by atoms with Gasteiger partial charge in [-0.25, -0.2) is 22.9 Å². The number of pyridine rings is 1. The maximum Gasteiger partial charge on any atom is 0.318 e. The molecule has 0 radical (unpaired) electrons. The zero-order valence-corrected chi connectivity index (χ0v) is 28.5. The molecule has 14 heteroatoms. The molecular weight excluding hydrogens is 636 g/mol. The first-order valence-corrected chi connectivity index (χ1v) is 17.2. The Morgan fingerprint density at radius 2 is 1.73 bits per heavy atom. The number of aromatic nitrogens is 1. The summed E-state index contributed by atoms with van der Waals surface area (Å²) < 4.78 is 34.3. The number of ether oxygens (including phenoxy) is 1. The van der Waals surface area contributed by atoms with Crippen LogP contribution in [0.2, 0.25) is 0 Å². The molecule has 258 valence electrons. The van der Waals surface area contributed by atoms with Crippen LogP contribution in [0.5, 0.6) is 0 Å². The third kappa shape index (κ3) is 10.2. The number of aryl methyl sites for hydroxylation is 4. The van der Waals surface area contributed by atoms with E-state index in [0.717, 1.165) is 16.7 Å². The summed E-state index contributed by atoms with van der Waals surface area (Å²) in [4.78, 5) is 43.9. The predicted molar refractivity (Wildman–Crippen MR) is 181 cm³/mol. The first kappa shape index (κ1) is 36.3. The summed E-state index contributed by atoms with van der Waals surface area (Å²) in [5.41, 5.74) is 4.10. The molecule has 2 heterocycles. The summed E-state index contributed by atoms with van der Waals surface area (Å²) >= 11 is 0. The van der Waals surface area contributed by atoms with Crippen molar-refractivity contribution in [1.29, 1.82) is 0 Å². The van der Waals surface area contributed by atoms with Crippen molar-refractivity contribution in [3.63, 3.8) is 0 Å². The predicted octanol–water partition coefficient (Wildman–Crippen LogP) is 2.89. The van der Waals surface area contributed by atoms with Crippen molar-refractivity contribution in [3.8, 4) is 0 Å². The highest BCUT2D eigenvalue weighted by Gasteiger charge is 2.36. The molecule has 0 bridgehead atoms. The average molecular weight is 681 g/mol. The van der Waals surface area contributed by atoms with Gasteiger partial charge in [0.2, 0.25) is 15.9 Å². The van der Waals surface area contributed by atoms with Gasteiger partial charge in [-0.2, -0.15) is 0 Å². The quantitative estimate of drug-likeness (QED) is 0.161. The molecule has 48 heavy (non-hydrogen) atoms. The largest absolute Gasteiger partial charge is 0.481 e. The molecule has 3 atom stereocenters. The van der Waals surface area contributed by atoms with Crippen LogP contribution < -0.4 is 20.7 Å². The molecule has 5 N–H and O–H groups in total. The monoisotopic (exact) mass is 680 g/mol. The number of carbonyl (C=O) groups is 3. The molecule has 0 unspecified atom stereocenters. The summed E-state index contributed by atoms with van der Waals surface area (Å²) in [7, 11) is -3.99. The average Bonchev–Trinajstić information content (AvgIpc) is 3.44. The van der Waals surface area contributed by atoms with Crippen LogP contribution in [-0.2, 0) is 30.9 Å². The maximum atomic E-state index is 13.3. The first-order chi connectivity index (χ1) is 22.8. The summed E-state index contributed by atoms with van der Waals surface area (Å²) in [6.45, 7) is 7.17. The number of carbonyl (C=O) groups excluding carboxylic acids is 2. The molecule has 13 nitrogen and oxygen atoms in total. The van der Waals surface area contributed by atoms with E-state index in [0.29, 0.717) is 36.5 Å². The van der Waals surface area contributed by atoms with E-state index >= 15 is 0 Å². The van der Waals surface area contributed by atoms with E-state index < -0.39 is 40.5 Å². The van der Waals surface area contributed by atoms with Crippen LogP contribution in [-0.4, -0.2) is 86.2 Å². The number of nitrogens with zero attached hydrogens (tertiary/aromatic N) is 2. The van der Waals surface area contributed by atoms with Gasteiger partial charge in [0.25, 0.3) is 0 Å². The summed E-state index contributed by atoms with van der Waals surface area (Å²) in [5, 5.41) is 18.5. The normalized spacial score (nSPS) is 16.7. The molecule has 1 saturated heterocycles. The van der Waals surface area contributed by atoms with Crippen molar-refractivity contribution < 1.29 is 32.6 Å². The lowest BCUT2D eigenvalue weighted by Crippen LogP contribution is -2.45. The zero-order valence-electron chi connectivity index (χ0n) is 27.7. The number of anilines is 1. The second-order valence-electron chi connectivity index (χ2n) is 12.1. The standard InChI is InChI=1S/C34H44N6O7S/c1-22-8-7-9-26(14-22)16-38-34(44)40-20-29(15-28(40)19-36-30-10-5-6-11-35-30)47-21-31(41)37-17-27(33(42)43)18-39-48(45,46)32-24(3)12-23(2)13-25(32)4/h5-14,27-29,39H,15-21H2,1-4H3,(H,35,36)(H,37,41)(H,38,44)(H,42,43)/t27-,28+,29-/m1/s1. The minimum atomic E-state index is -3.99. The van der Waals surface area contributed by atoms with Gasteiger partial charge in [-0.15, -0.1) is 0 Å². The van der Waals surface area contributed by atoms with E-state index in [-0.39, 0.29) is 36.7 Å². The fraction of sp³-hybridized carbons (Fsp3) is 0.412. The number of sulfonamides is 1. The van der Waals surface area contributed by atoms with E-state index in [1.807, 2.05) is 56.3 Å². The Kier molecular flexibility index (Phi) is 12.5. The Bertz CT molecular complexity index is 1680. The molecular formula is C34H44N6O7S. The van der Waals surface area contributed by atoms with E-state index in [4.69, 9.17) is 4.74 Å². The van der Waals surface area contributed by atoms with Crippen molar-refractivity contribution in [2.75, 3.05) is 38.1 Å². The minimum absolute atomic E-state index is 0.109. The van der Waals surface area contributed by atoms with Crippen LogP contribution in [0.15, 0.2) is 65.7 Å². The topological polar surface area (TPSA) is 179 Å². The van der Waals surface area contributed by atoms with Gasteiger partial charge in [0.1, 0.15) is 12.4 Å². The van der Waals surface area contributed by atoms with E-state index in [1.165, 1.54) is 0 Å². The van der Waals surface area contributed by atoms with Crippen LogP contribution >= 0.6 is 0 Å². The highest BCUT2D eigenvalue weighted by Crippen LogP contribution is 2.23. The number of urea groups is 1. The Balaban J connectivity index is 1.30. The van der Waals surface area contributed by atoms with Crippen LogP contribution in [0.3, 0.4) is 0 Å². The second-order valence-corrected chi connectivity index (χ2v) is 13.8.